The molecule has 1 atom stereocenters. The van der Waals surface area contributed by atoms with Crippen molar-refractivity contribution in [3.63, 3.8) is 0 Å². The lowest BCUT2D eigenvalue weighted by Crippen LogP contribution is -2.45. The van der Waals surface area contributed by atoms with Crippen molar-refractivity contribution >= 4 is 23.7 Å². The average molecular weight is 391 g/mol. The van der Waals surface area contributed by atoms with Crippen LogP contribution in [0.25, 0.3) is 10.7 Å². The largest absolute Gasteiger partial charge is 0.338 e. The van der Waals surface area contributed by atoms with Crippen LogP contribution in [0.2, 0.25) is 0 Å². The highest BCUT2D eigenvalue weighted by atomic mass is 35.5. The minimum absolute atomic E-state index is 0. The number of aromatic nitrogens is 2. The van der Waals surface area contributed by atoms with Crippen molar-refractivity contribution in [3.05, 3.63) is 58.8 Å². The van der Waals surface area contributed by atoms with Gasteiger partial charge in [-0.15, -0.1) is 23.7 Å². The molecule has 3 aromatic rings. The van der Waals surface area contributed by atoms with Crippen LogP contribution >= 0.6 is 23.7 Å². The average Bonchev–Trinajstić information content (AvgIpc) is 3.34. The molecule has 3 heterocycles. The van der Waals surface area contributed by atoms with Crippen LogP contribution in [-0.4, -0.2) is 34.7 Å². The number of benzene rings is 1. The van der Waals surface area contributed by atoms with E-state index >= 15 is 0 Å². The molecule has 0 spiro atoms. The summed E-state index contributed by atoms with van der Waals surface area (Å²) in [5.41, 5.74) is 2.71. The third kappa shape index (κ3) is 4.15. The van der Waals surface area contributed by atoms with E-state index in [1.54, 1.807) is 11.3 Å². The molecular weight excluding hydrogens is 368 g/mol. The van der Waals surface area contributed by atoms with E-state index in [0.29, 0.717) is 24.3 Å². The lowest BCUT2D eigenvalue weighted by molar-refractivity contribution is 0.135. The van der Waals surface area contributed by atoms with Gasteiger partial charge in [-0.05, 0) is 29.0 Å². The van der Waals surface area contributed by atoms with Crippen LogP contribution in [-0.2, 0) is 13.0 Å². The molecule has 26 heavy (non-hydrogen) atoms. The minimum Gasteiger partial charge on any atom is -0.338 e. The highest BCUT2D eigenvalue weighted by Crippen LogP contribution is 2.26. The minimum atomic E-state index is 0. The normalized spacial score (nSPS) is 17.8. The highest BCUT2D eigenvalue weighted by molar-refractivity contribution is 7.13. The molecule has 1 aliphatic rings. The van der Waals surface area contributed by atoms with Crippen LogP contribution in [0, 0.1) is 0 Å². The monoisotopic (exact) mass is 390 g/mol. The summed E-state index contributed by atoms with van der Waals surface area (Å²) in [6.45, 7) is 5.76. The SMILES string of the molecule is CCc1ccc(C2CNCCN2Cc2nc(-c3cccs3)no2)cc1.Cl. The van der Waals surface area contributed by atoms with Gasteiger partial charge in [-0.1, -0.05) is 42.4 Å². The standard InChI is InChI=1S/C19H22N4OS.ClH/c1-2-14-5-7-15(8-6-14)16-12-20-9-10-23(16)13-18-21-19(22-24-18)17-4-3-11-25-17;/h3-8,11,16,20H,2,9-10,12-13H2,1H3;1H. The van der Waals surface area contributed by atoms with Gasteiger partial charge in [0.05, 0.1) is 11.4 Å². The van der Waals surface area contributed by atoms with Crippen LogP contribution in [0.1, 0.15) is 30.0 Å². The van der Waals surface area contributed by atoms with Gasteiger partial charge in [0, 0.05) is 25.7 Å². The van der Waals surface area contributed by atoms with Gasteiger partial charge in [0.2, 0.25) is 11.7 Å². The van der Waals surface area contributed by atoms with Crippen molar-refractivity contribution in [1.82, 2.24) is 20.4 Å². The molecule has 2 aromatic heterocycles. The zero-order chi connectivity index (χ0) is 17.1. The predicted octanol–water partition coefficient (Wildman–Crippen LogP) is 3.93. The second-order valence-electron chi connectivity index (χ2n) is 6.27. The fourth-order valence-corrected chi connectivity index (χ4v) is 3.89. The molecule has 0 aliphatic carbocycles. The second-order valence-corrected chi connectivity index (χ2v) is 7.22. The van der Waals surface area contributed by atoms with Gasteiger partial charge in [0.15, 0.2) is 0 Å². The first-order valence-corrected chi connectivity index (χ1v) is 9.61. The Balaban J connectivity index is 0.00000196. The maximum Gasteiger partial charge on any atom is 0.241 e. The van der Waals surface area contributed by atoms with Crippen molar-refractivity contribution in [1.29, 1.82) is 0 Å². The zero-order valence-corrected chi connectivity index (χ0v) is 16.4. The van der Waals surface area contributed by atoms with Gasteiger partial charge in [-0.3, -0.25) is 4.90 Å². The Morgan fingerprint density at radius 2 is 2.12 bits per heavy atom. The third-order valence-corrected chi connectivity index (χ3v) is 5.54. The third-order valence-electron chi connectivity index (χ3n) is 4.67. The Hall–Kier alpha value is -1.73. The summed E-state index contributed by atoms with van der Waals surface area (Å²) in [6.07, 6.45) is 1.07. The number of nitrogens with one attached hydrogen (secondary N) is 1. The second kappa shape index (κ2) is 8.77. The number of halogens is 1. The first-order valence-electron chi connectivity index (χ1n) is 8.73. The molecular formula is C19H23ClN4OS. The summed E-state index contributed by atoms with van der Waals surface area (Å²) in [6, 6.07) is 13.3. The van der Waals surface area contributed by atoms with Gasteiger partial charge in [0.1, 0.15) is 0 Å². The Morgan fingerprint density at radius 1 is 1.27 bits per heavy atom. The molecule has 5 nitrogen and oxygen atoms in total. The van der Waals surface area contributed by atoms with Crippen molar-refractivity contribution in [2.75, 3.05) is 19.6 Å². The summed E-state index contributed by atoms with van der Waals surface area (Å²) in [7, 11) is 0. The maximum atomic E-state index is 5.50. The van der Waals surface area contributed by atoms with E-state index in [1.165, 1.54) is 11.1 Å². The van der Waals surface area contributed by atoms with Crippen LogP contribution in [0.5, 0.6) is 0 Å². The molecule has 1 saturated heterocycles. The summed E-state index contributed by atoms with van der Waals surface area (Å²) in [5, 5.41) is 9.65. The number of piperazine rings is 1. The molecule has 0 radical (unpaired) electrons. The molecule has 0 bridgehead atoms. The van der Waals surface area contributed by atoms with Gasteiger partial charge in [0.25, 0.3) is 0 Å². The Bertz CT molecular complexity index is 803. The Labute approximate surface area is 163 Å². The fourth-order valence-electron chi connectivity index (χ4n) is 3.24. The van der Waals surface area contributed by atoms with Crippen molar-refractivity contribution < 1.29 is 4.52 Å². The van der Waals surface area contributed by atoms with E-state index in [0.717, 1.165) is 30.9 Å². The van der Waals surface area contributed by atoms with E-state index in [-0.39, 0.29) is 12.4 Å². The summed E-state index contributed by atoms with van der Waals surface area (Å²) < 4.78 is 5.50. The highest BCUT2D eigenvalue weighted by Gasteiger charge is 2.25. The topological polar surface area (TPSA) is 54.2 Å². The van der Waals surface area contributed by atoms with Crippen LogP contribution < -0.4 is 5.32 Å². The molecule has 4 rings (SSSR count). The van der Waals surface area contributed by atoms with Gasteiger partial charge >= 0.3 is 0 Å². The first-order chi connectivity index (χ1) is 12.3. The molecule has 1 N–H and O–H groups in total. The van der Waals surface area contributed by atoms with E-state index in [4.69, 9.17) is 4.52 Å². The predicted molar refractivity (Wildman–Crippen MR) is 107 cm³/mol. The lowest BCUT2D eigenvalue weighted by atomic mass is 10.0. The first kappa shape index (κ1) is 19.0. The summed E-state index contributed by atoms with van der Waals surface area (Å²) in [5.74, 6) is 1.37. The molecule has 1 aromatic carbocycles. The number of aryl methyl sites for hydroxylation is 1. The van der Waals surface area contributed by atoms with E-state index in [2.05, 4.69) is 51.5 Å². The number of thiophene rings is 1. The molecule has 0 saturated carbocycles. The molecule has 0 amide bonds. The van der Waals surface area contributed by atoms with E-state index < -0.39 is 0 Å². The Kier molecular flexibility index (Phi) is 6.43. The van der Waals surface area contributed by atoms with E-state index in [1.807, 2.05) is 17.5 Å². The number of hydrogen-bond donors (Lipinski definition) is 1. The van der Waals surface area contributed by atoms with Crippen LogP contribution in [0.3, 0.4) is 0 Å². The van der Waals surface area contributed by atoms with Crippen molar-refractivity contribution in [3.8, 4) is 10.7 Å². The molecule has 1 aliphatic heterocycles. The lowest BCUT2D eigenvalue weighted by Gasteiger charge is -2.35. The molecule has 138 valence electrons. The van der Waals surface area contributed by atoms with Crippen LogP contribution in [0.4, 0.5) is 0 Å². The maximum absolute atomic E-state index is 5.50. The smallest absolute Gasteiger partial charge is 0.241 e. The van der Waals surface area contributed by atoms with Crippen LogP contribution in [0.15, 0.2) is 46.3 Å². The quantitative estimate of drug-likeness (QED) is 0.715. The number of hydrogen-bond acceptors (Lipinski definition) is 6. The van der Waals surface area contributed by atoms with E-state index in [9.17, 15) is 0 Å². The van der Waals surface area contributed by atoms with Crippen molar-refractivity contribution in [2.45, 2.75) is 25.9 Å². The van der Waals surface area contributed by atoms with Crippen molar-refractivity contribution in [2.24, 2.45) is 0 Å². The Morgan fingerprint density at radius 3 is 2.85 bits per heavy atom. The van der Waals surface area contributed by atoms with Gasteiger partial charge < -0.3 is 9.84 Å². The molecule has 1 fully saturated rings. The number of rotatable bonds is 5. The summed E-state index contributed by atoms with van der Waals surface area (Å²) >= 11 is 1.63. The molecule has 1 unspecified atom stereocenters. The number of nitrogens with zero attached hydrogens (tertiary/aromatic N) is 3. The van der Waals surface area contributed by atoms with Gasteiger partial charge in [-0.25, -0.2) is 0 Å². The zero-order valence-electron chi connectivity index (χ0n) is 14.7. The van der Waals surface area contributed by atoms with Gasteiger partial charge in [-0.2, -0.15) is 4.98 Å². The fraction of sp³-hybridized carbons (Fsp3) is 0.368. The summed E-state index contributed by atoms with van der Waals surface area (Å²) in [4.78, 5) is 8.04. The molecule has 7 heteroatoms.